The zero-order valence-electron chi connectivity index (χ0n) is 17.6. The van der Waals surface area contributed by atoms with Gasteiger partial charge in [-0.2, -0.15) is 0 Å². The molecule has 0 bridgehead atoms. The molecule has 4 aromatic carbocycles. The molecule has 4 aromatic heterocycles. The van der Waals surface area contributed by atoms with Gasteiger partial charge in [-0.05, 0) is 42.5 Å². The molecule has 4 heterocycles. The summed E-state index contributed by atoms with van der Waals surface area (Å²) in [6.07, 6.45) is 2.13. The second-order valence-electron chi connectivity index (χ2n) is 8.47. The maximum atomic E-state index is 6.20. The molecule has 0 aliphatic rings. The topological polar surface area (TPSA) is 35.4 Å². The van der Waals surface area contributed by atoms with Gasteiger partial charge < -0.3 is 8.98 Å². The Labute approximate surface area is 187 Å². The first kappa shape index (κ1) is 17.0. The molecule has 0 N–H and O–H groups in total. The Bertz CT molecular complexity index is 2040. The number of benzene rings is 4. The molecule has 0 unspecified atom stereocenters. The van der Waals surface area contributed by atoms with Gasteiger partial charge in [-0.1, -0.05) is 54.6 Å². The van der Waals surface area contributed by atoms with Gasteiger partial charge in [-0.15, -0.1) is 0 Å². The second kappa shape index (κ2) is 6.02. The first-order valence-electron chi connectivity index (χ1n) is 11.1. The van der Waals surface area contributed by atoms with Crippen LogP contribution in [0.2, 0.25) is 0 Å². The van der Waals surface area contributed by atoms with E-state index in [1.54, 1.807) is 0 Å². The van der Waals surface area contributed by atoms with Crippen molar-refractivity contribution in [1.29, 1.82) is 0 Å². The molecule has 0 saturated heterocycles. The molecule has 0 atom stereocenters. The molecule has 33 heavy (non-hydrogen) atoms. The van der Waals surface area contributed by atoms with Crippen LogP contribution in [0.25, 0.3) is 66.1 Å². The van der Waals surface area contributed by atoms with Crippen LogP contribution in [0.5, 0.6) is 0 Å². The van der Waals surface area contributed by atoms with Crippen molar-refractivity contribution in [2.75, 3.05) is 0 Å². The molecule has 0 saturated carbocycles. The smallest absolute Gasteiger partial charge is 0.148 e. The monoisotopic (exact) mass is 423 g/mol. The normalized spacial score (nSPS) is 12.2. The number of hydrogen-bond acceptors (Lipinski definition) is 2. The third kappa shape index (κ3) is 2.12. The molecule has 4 nitrogen and oxygen atoms in total. The van der Waals surface area contributed by atoms with E-state index in [4.69, 9.17) is 9.40 Å². The number of furan rings is 1. The Morgan fingerprint density at radius 1 is 0.576 bits per heavy atom. The van der Waals surface area contributed by atoms with Crippen molar-refractivity contribution in [2.45, 2.75) is 0 Å². The maximum Gasteiger partial charge on any atom is 0.148 e. The largest absolute Gasteiger partial charge is 0.456 e. The molecule has 8 rings (SSSR count). The van der Waals surface area contributed by atoms with Gasteiger partial charge >= 0.3 is 0 Å². The van der Waals surface area contributed by atoms with Gasteiger partial charge in [0.25, 0.3) is 0 Å². The van der Waals surface area contributed by atoms with Crippen molar-refractivity contribution in [3.63, 3.8) is 0 Å². The molecule has 154 valence electrons. The quantitative estimate of drug-likeness (QED) is 0.274. The van der Waals surface area contributed by atoms with Crippen LogP contribution in [-0.2, 0) is 0 Å². The zero-order valence-corrected chi connectivity index (χ0v) is 17.6. The summed E-state index contributed by atoms with van der Waals surface area (Å²) in [5.41, 5.74) is 8.31. The van der Waals surface area contributed by atoms with Gasteiger partial charge in [0, 0.05) is 17.0 Å². The second-order valence-corrected chi connectivity index (χ2v) is 8.47. The summed E-state index contributed by atoms with van der Waals surface area (Å²) in [6, 6.07) is 33.7. The summed E-state index contributed by atoms with van der Waals surface area (Å²) in [4.78, 5) is 5.03. The number of hydrogen-bond donors (Lipinski definition) is 0. The number of pyridine rings is 1. The van der Waals surface area contributed by atoms with Crippen molar-refractivity contribution in [2.24, 2.45) is 0 Å². The predicted molar refractivity (Wildman–Crippen MR) is 134 cm³/mol. The fraction of sp³-hybridized carbons (Fsp3) is 0. The molecule has 0 fully saturated rings. The van der Waals surface area contributed by atoms with Gasteiger partial charge in [0.15, 0.2) is 0 Å². The molecule has 4 heteroatoms. The average Bonchev–Trinajstić information content (AvgIpc) is 3.53. The average molecular weight is 423 g/mol. The highest BCUT2D eigenvalue weighted by Crippen LogP contribution is 2.39. The molecule has 8 aromatic rings. The third-order valence-electron chi connectivity index (χ3n) is 6.73. The minimum atomic E-state index is 0.896. The van der Waals surface area contributed by atoms with Crippen LogP contribution >= 0.6 is 0 Å². The van der Waals surface area contributed by atoms with Gasteiger partial charge in [0.1, 0.15) is 16.8 Å². The fourth-order valence-corrected chi connectivity index (χ4v) is 5.37. The minimum Gasteiger partial charge on any atom is -0.456 e. The Morgan fingerprint density at radius 3 is 2.27 bits per heavy atom. The molecular formula is C29H17N3O. The van der Waals surface area contributed by atoms with E-state index in [0.29, 0.717) is 0 Å². The molecule has 0 aliphatic heterocycles. The molecule has 0 amide bonds. The number of para-hydroxylation sites is 4. The van der Waals surface area contributed by atoms with Crippen LogP contribution in [-0.4, -0.2) is 14.0 Å². The standard InChI is InChI=1S/C29H17N3O/c1-4-11-21-18(8-1)28-24(16-17-31-22-12-5-3-10-20(22)30-29(28)31)32(21)23-13-7-15-26-27(23)19-9-2-6-14-25(19)33-26/h1-17H. The first-order chi connectivity index (χ1) is 16.4. The van der Waals surface area contributed by atoms with E-state index in [9.17, 15) is 0 Å². The minimum absolute atomic E-state index is 0.896. The van der Waals surface area contributed by atoms with Crippen LogP contribution in [0.3, 0.4) is 0 Å². The first-order valence-corrected chi connectivity index (χ1v) is 11.1. The number of nitrogens with zero attached hydrogens (tertiary/aromatic N) is 3. The van der Waals surface area contributed by atoms with Gasteiger partial charge in [-0.25, -0.2) is 4.98 Å². The van der Waals surface area contributed by atoms with Crippen LogP contribution in [0, 0.1) is 0 Å². The molecule has 0 radical (unpaired) electrons. The molecule has 0 spiro atoms. The van der Waals surface area contributed by atoms with E-state index < -0.39 is 0 Å². The van der Waals surface area contributed by atoms with E-state index in [1.807, 2.05) is 24.3 Å². The Morgan fingerprint density at radius 2 is 1.33 bits per heavy atom. The van der Waals surface area contributed by atoms with Crippen molar-refractivity contribution in [3.05, 3.63) is 103 Å². The lowest BCUT2D eigenvalue weighted by Crippen LogP contribution is -1.95. The number of aromatic nitrogens is 3. The lowest BCUT2D eigenvalue weighted by molar-refractivity contribution is 0.669. The SMILES string of the molecule is c1ccc2c(c1)nc1c3c4ccccc4n(-c4cccc5oc6ccccc6c45)c3ccn21. The zero-order chi connectivity index (χ0) is 21.5. The number of imidazole rings is 1. The fourth-order valence-electron chi connectivity index (χ4n) is 5.37. The van der Waals surface area contributed by atoms with Gasteiger partial charge in [-0.3, -0.25) is 4.40 Å². The van der Waals surface area contributed by atoms with Crippen molar-refractivity contribution in [3.8, 4) is 5.69 Å². The van der Waals surface area contributed by atoms with Crippen LogP contribution in [0.1, 0.15) is 0 Å². The van der Waals surface area contributed by atoms with Gasteiger partial charge in [0.2, 0.25) is 0 Å². The van der Waals surface area contributed by atoms with Gasteiger partial charge in [0.05, 0.1) is 38.5 Å². The Balaban J connectivity index is 1.61. The van der Waals surface area contributed by atoms with Crippen LogP contribution in [0.15, 0.2) is 108 Å². The van der Waals surface area contributed by atoms with E-state index >= 15 is 0 Å². The lowest BCUT2D eigenvalue weighted by Gasteiger charge is -2.09. The van der Waals surface area contributed by atoms with E-state index in [0.717, 1.165) is 60.7 Å². The highest BCUT2D eigenvalue weighted by molar-refractivity contribution is 6.18. The Hall–Kier alpha value is -4.57. The van der Waals surface area contributed by atoms with E-state index in [2.05, 4.69) is 88.0 Å². The molecule has 0 aliphatic carbocycles. The summed E-state index contributed by atoms with van der Waals surface area (Å²) in [6.45, 7) is 0. The summed E-state index contributed by atoms with van der Waals surface area (Å²) < 4.78 is 10.7. The summed E-state index contributed by atoms with van der Waals surface area (Å²) in [5, 5.41) is 4.61. The van der Waals surface area contributed by atoms with Crippen molar-refractivity contribution in [1.82, 2.24) is 14.0 Å². The van der Waals surface area contributed by atoms with Crippen LogP contribution in [0.4, 0.5) is 0 Å². The summed E-state index contributed by atoms with van der Waals surface area (Å²) in [7, 11) is 0. The lowest BCUT2D eigenvalue weighted by atomic mass is 10.1. The highest BCUT2D eigenvalue weighted by Gasteiger charge is 2.20. The number of rotatable bonds is 1. The third-order valence-corrected chi connectivity index (χ3v) is 6.73. The summed E-state index contributed by atoms with van der Waals surface area (Å²) >= 11 is 0. The Kier molecular flexibility index (Phi) is 3.11. The van der Waals surface area contributed by atoms with E-state index in [-0.39, 0.29) is 0 Å². The van der Waals surface area contributed by atoms with E-state index in [1.165, 1.54) is 5.39 Å². The summed E-state index contributed by atoms with van der Waals surface area (Å²) in [5.74, 6) is 0. The number of fused-ring (bicyclic) bond motifs is 10. The van der Waals surface area contributed by atoms with Crippen molar-refractivity contribution < 1.29 is 4.42 Å². The maximum absolute atomic E-state index is 6.20. The van der Waals surface area contributed by atoms with Crippen LogP contribution < -0.4 is 0 Å². The highest BCUT2D eigenvalue weighted by atomic mass is 16.3. The predicted octanol–water partition coefficient (Wildman–Crippen LogP) is 7.48. The molecular weight excluding hydrogens is 406 g/mol. The van der Waals surface area contributed by atoms with Crippen molar-refractivity contribution >= 4 is 60.4 Å².